The van der Waals surface area contributed by atoms with E-state index in [0.29, 0.717) is 12.0 Å². The molecule has 2 fully saturated rings. The first-order chi connectivity index (χ1) is 13.0. The van der Waals surface area contributed by atoms with Crippen LogP contribution in [0.5, 0.6) is 0 Å². The average Bonchev–Trinajstić information content (AvgIpc) is 2.91. The van der Waals surface area contributed by atoms with Gasteiger partial charge in [-0.25, -0.2) is 4.79 Å². The standard InChI is InChI=1S/C21H29N3O3/c1-16-4-5-19-18(10-16)17(6-7-22(2)3)11-24(19)20(25)27-9-8-23-12-21(13-23)14-26-15-21/h4-5,10-11H,6-9,12-15H2,1-3H3. The van der Waals surface area contributed by atoms with Gasteiger partial charge in [0.1, 0.15) is 6.61 Å². The first kappa shape index (κ1) is 18.5. The fraction of sp³-hybridized carbons (Fsp3) is 0.571. The molecule has 3 heterocycles. The summed E-state index contributed by atoms with van der Waals surface area (Å²) in [4.78, 5) is 17.2. The first-order valence-electron chi connectivity index (χ1n) is 9.68. The van der Waals surface area contributed by atoms with Crippen LogP contribution in [0.4, 0.5) is 4.79 Å². The van der Waals surface area contributed by atoms with Gasteiger partial charge in [-0.15, -0.1) is 0 Å². The SMILES string of the molecule is Cc1ccc2c(c1)c(CCN(C)C)cn2C(=O)OCCN1CC2(COC2)C1. The predicted molar refractivity (Wildman–Crippen MR) is 105 cm³/mol. The van der Waals surface area contributed by atoms with Crippen LogP contribution in [-0.4, -0.2) is 80.6 Å². The molecule has 1 aromatic heterocycles. The highest BCUT2D eigenvalue weighted by Gasteiger charge is 2.48. The summed E-state index contributed by atoms with van der Waals surface area (Å²) in [5.41, 5.74) is 3.72. The summed E-state index contributed by atoms with van der Waals surface area (Å²) < 4.78 is 12.5. The molecule has 146 valence electrons. The zero-order chi connectivity index (χ0) is 19.0. The maximum atomic E-state index is 12.7. The molecule has 6 heteroatoms. The van der Waals surface area contributed by atoms with E-state index < -0.39 is 0 Å². The molecule has 0 atom stereocenters. The second kappa shape index (κ2) is 7.26. The predicted octanol–water partition coefficient (Wildman–Crippen LogP) is 2.37. The van der Waals surface area contributed by atoms with E-state index in [1.165, 1.54) is 11.1 Å². The maximum Gasteiger partial charge on any atom is 0.418 e. The van der Waals surface area contributed by atoms with E-state index in [0.717, 1.165) is 56.7 Å². The molecular weight excluding hydrogens is 342 g/mol. The minimum atomic E-state index is -0.290. The minimum absolute atomic E-state index is 0.290. The number of likely N-dealkylation sites (tertiary alicyclic amines) is 1. The highest BCUT2D eigenvalue weighted by Crippen LogP contribution is 2.37. The number of benzene rings is 1. The van der Waals surface area contributed by atoms with Crippen molar-refractivity contribution >= 4 is 17.0 Å². The fourth-order valence-corrected chi connectivity index (χ4v) is 4.07. The summed E-state index contributed by atoms with van der Waals surface area (Å²) in [5.74, 6) is 0. The zero-order valence-corrected chi connectivity index (χ0v) is 16.5. The van der Waals surface area contributed by atoms with Crippen molar-refractivity contribution in [3.63, 3.8) is 0 Å². The molecule has 0 saturated carbocycles. The Labute approximate surface area is 160 Å². The fourth-order valence-electron chi connectivity index (χ4n) is 4.07. The Kier molecular flexibility index (Phi) is 4.97. The van der Waals surface area contributed by atoms with Crippen molar-refractivity contribution < 1.29 is 14.3 Å². The Morgan fingerprint density at radius 3 is 2.74 bits per heavy atom. The highest BCUT2D eigenvalue weighted by atomic mass is 16.5. The van der Waals surface area contributed by atoms with Gasteiger partial charge in [0.2, 0.25) is 0 Å². The molecular formula is C21H29N3O3. The normalized spacial score (nSPS) is 18.7. The molecule has 2 aliphatic rings. The third kappa shape index (κ3) is 3.74. The van der Waals surface area contributed by atoms with Crippen LogP contribution in [0.3, 0.4) is 0 Å². The lowest BCUT2D eigenvalue weighted by Crippen LogP contribution is -2.66. The van der Waals surface area contributed by atoms with Gasteiger partial charge < -0.3 is 14.4 Å². The van der Waals surface area contributed by atoms with E-state index in [4.69, 9.17) is 9.47 Å². The van der Waals surface area contributed by atoms with Crippen LogP contribution in [0, 0.1) is 12.3 Å². The molecule has 2 aliphatic heterocycles. The van der Waals surface area contributed by atoms with Crippen LogP contribution in [0.15, 0.2) is 24.4 Å². The minimum Gasteiger partial charge on any atom is -0.448 e. The van der Waals surface area contributed by atoms with Gasteiger partial charge in [-0.3, -0.25) is 9.47 Å². The van der Waals surface area contributed by atoms with Gasteiger partial charge in [-0.05, 0) is 45.1 Å². The molecule has 1 spiro atoms. The topological polar surface area (TPSA) is 46.9 Å². The van der Waals surface area contributed by atoms with Crippen LogP contribution in [-0.2, 0) is 15.9 Å². The Hall–Kier alpha value is -1.89. The van der Waals surface area contributed by atoms with Crippen LogP contribution in [0.1, 0.15) is 11.1 Å². The molecule has 0 amide bonds. The van der Waals surface area contributed by atoms with Crippen LogP contribution in [0.2, 0.25) is 0 Å². The average molecular weight is 371 g/mol. The number of fused-ring (bicyclic) bond motifs is 1. The largest absolute Gasteiger partial charge is 0.448 e. The summed E-state index contributed by atoms with van der Waals surface area (Å²) in [5, 5.41) is 1.14. The Morgan fingerprint density at radius 1 is 1.30 bits per heavy atom. The van der Waals surface area contributed by atoms with Crippen LogP contribution < -0.4 is 0 Å². The lowest BCUT2D eigenvalue weighted by Gasteiger charge is -2.55. The van der Waals surface area contributed by atoms with Gasteiger partial charge in [0, 0.05) is 43.2 Å². The van der Waals surface area contributed by atoms with E-state index in [-0.39, 0.29) is 6.09 Å². The number of ether oxygens (including phenoxy) is 2. The van der Waals surface area contributed by atoms with Gasteiger partial charge in [0.05, 0.1) is 18.7 Å². The van der Waals surface area contributed by atoms with Crippen molar-refractivity contribution in [2.24, 2.45) is 5.41 Å². The molecule has 2 saturated heterocycles. The quantitative estimate of drug-likeness (QED) is 0.780. The van der Waals surface area contributed by atoms with E-state index >= 15 is 0 Å². The Bertz CT molecular complexity index is 831. The van der Waals surface area contributed by atoms with E-state index in [1.807, 2.05) is 18.3 Å². The number of hydrogen-bond donors (Lipinski definition) is 0. The zero-order valence-electron chi connectivity index (χ0n) is 16.5. The lowest BCUT2D eigenvalue weighted by molar-refractivity contribution is -0.190. The number of aryl methyl sites for hydroxylation is 1. The highest BCUT2D eigenvalue weighted by molar-refractivity contribution is 5.92. The van der Waals surface area contributed by atoms with Crippen molar-refractivity contribution in [2.75, 3.05) is 60.1 Å². The maximum absolute atomic E-state index is 12.7. The second-order valence-electron chi connectivity index (χ2n) is 8.42. The molecule has 0 bridgehead atoms. The Morgan fingerprint density at radius 2 is 2.07 bits per heavy atom. The molecule has 2 aromatic rings. The number of carbonyl (C=O) groups excluding carboxylic acids is 1. The van der Waals surface area contributed by atoms with E-state index in [2.05, 4.69) is 36.9 Å². The molecule has 0 N–H and O–H groups in total. The lowest BCUT2D eigenvalue weighted by atomic mass is 9.78. The van der Waals surface area contributed by atoms with Gasteiger partial charge >= 0.3 is 6.09 Å². The summed E-state index contributed by atoms with van der Waals surface area (Å²) in [6.07, 6.45) is 2.56. The van der Waals surface area contributed by atoms with E-state index in [1.54, 1.807) is 4.57 Å². The van der Waals surface area contributed by atoms with Gasteiger partial charge in [-0.1, -0.05) is 11.6 Å². The van der Waals surface area contributed by atoms with Crippen molar-refractivity contribution in [3.8, 4) is 0 Å². The number of hydrogen-bond acceptors (Lipinski definition) is 5. The van der Waals surface area contributed by atoms with Crippen molar-refractivity contribution in [1.82, 2.24) is 14.4 Å². The number of rotatable bonds is 6. The van der Waals surface area contributed by atoms with Gasteiger partial charge in [0.15, 0.2) is 0 Å². The molecule has 0 unspecified atom stereocenters. The van der Waals surface area contributed by atoms with Gasteiger partial charge in [-0.2, -0.15) is 0 Å². The molecule has 1 aromatic carbocycles. The molecule has 0 aliphatic carbocycles. The Balaban J connectivity index is 1.40. The first-order valence-corrected chi connectivity index (χ1v) is 9.68. The van der Waals surface area contributed by atoms with Crippen molar-refractivity contribution in [3.05, 3.63) is 35.5 Å². The van der Waals surface area contributed by atoms with Gasteiger partial charge in [0.25, 0.3) is 0 Å². The van der Waals surface area contributed by atoms with Crippen molar-refractivity contribution in [1.29, 1.82) is 0 Å². The monoisotopic (exact) mass is 371 g/mol. The number of aromatic nitrogens is 1. The number of nitrogens with zero attached hydrogens (tertiary/aromatic N) is 3. The van der Waals surface area contributed by atoms with Crippen LogP contribution in [0.25, 0.3) is 10.9 Å². The molecule has 6 nitrogen and oxygen atoms in total. The van der Waals surface area contributed by atoms with E-state index in [9.17, 15) is 4.79 Å². The third-order valence-corrected chi connectivity index (χ3v) is 5.64. The third-order valence-electron chi connectivity index (χ3n) is 5.64. The number of carbonyl (C=O) groups is 1. The number of likely N-dealkylation sites (N-methyl/N-ethyl adjacent to an activating group) is 1. The smallest absolute Gasteiger partial charge is 0.418 e. The second-order valence-corrected chi connectivity index (χ2v) is 8.42. The van der Waals surface area contributed by atoms with Crippen LogP contribution >= 0.6 is 0 Å². The molecule has 27 heavy (non-hydrogen) atoms. The summed E-state index contributed by atoms with van der Waals surface area (Å²) >= 11 is 0. The van der Waals surface area contributed by atoms with Crippen molar-refractivity contribution in [2.45, 2.75) is 13.3 Å². The summed E-state index contributed by atoms with van der Waals surface area (Å²) in [7, 11) is 4.13. The summed E-state index contributed by atoms with van der Waals surface area (Å²) in [6.45, 7) is 8.13. The summed E-state index contributed by atoms with van der Waals surface area (Å²) in [6, 6.07) is 6.22. The molecule has 4 rings (SSSR count). The molecule has 0 radical (unpaired) electrons.